The van der Waals surface area contributed by atoms with Gasteiger partial charge in [0, 0.05) is 25.4 Å². The third kappa shape index (κ3) is 4.03. The largest absolute Gasteiger partial charge is 0.384 e. The highest BCUT2D eigenvalue weighted by Crippen LogP contribution is 2.27. The number of rotatable bonds is 6. The van der Waals surface area contributed by atoms with Gasteiger partial charge in [-0.05, 0) is 37.5 Å². The molecule has 0 saturated heterocycles. The Kier molecular flexibility index (Phi) is 5.25. The maximum atomic E-state index is 10.9. The summed E-state index contributed by atoms with van der Waals surface area (Å²) < 4.78 is 1.71. The highest BCUT2D eigenvalue weighted by molar-refractivity contribution is 5.39. The minimum absolute atomic E-state index is 0.0138. The monoisotopic (exact) mass is 349 g/mol. The van der Waals surface area contributed by atoms with Gasteiger partial charge in [0.2, 0.25) is 0 Å². The van der Waals surface area contributed by atoms with E-state index < -0.39 is 5.60 Å². The molecule has 0 amide bonds. The van der Waals surface area contributed by atoms with E-state index in [9.17, 15) is 5.11 Å². The summed E-state index contributed by atoms with van der Waals surface area (Å²) >= 11 is 0. The standard InChI is InChI=1S/C22H27N3O/c1-16-10-11-20(17(2)12-16)21(18-8-6-5-7-9-18)23-15-22(3,26)19-13-24-25(4)14-19/h5-14,21,23,26H,15H2,1-4H3. The van der Waals surface area contributed by atoms with E-state index in [0.717, 1.165) is 5.56 Å². The summed E-state index contributed by atoms with van der Waals surface area (Å²) in [4.78, 5) is 0. The summed E-state index contributed by atoms with van der Waals surface area (Å²) in [5.74, 6) is 0. The number of aliphatic hydroxyl groups is 1. The Morgan fingerprint density at radius 2 is 1.88 bits per heavy atom. The minimum atomic E-state index is -1.00. The van der Waals surface area contributed by atoms with Gasteiger partial charge >= 0.3 is 0 Å². The molecule has 2 unspecified atom stereocenters. The van der Waals surface area contributed by atoms with Crippen LogP contribution in [-0.4, -0.2) is 21.4 Å². The molecule has 0 aliphatic heterocycles. The van der Waals surface area contributed by atoms with Crippen molar-refractivity contribution in [1.82, 2.24) is 15.1 Å². The maximum absolute atomic E-state index is 10.9. The van der Waals surface area contributed by atoms with Crippen molar-refractivity contribution in [2.45, 2.75) is 32.4 Å². The summed E-state index contributed by atoms with van der Waals surface area (Å²) in [6.45, 7) is 6.49. The van der Waals surface area contributed by atoms with Crippen LogP contribution in [0.25, 0.3) is 0 Å². The van der Waals surface area contributed by atoms with Gasteiger partial charge in [-0.15, -0.1) is 0 Å². The van der Waals surface area contributed by atoms with Crippen LogP contribution in [0.4, 0.5) is 0 Å². The van der Waals surface area contributed by atoms with Crippen molar-refractivity contribution in [2.75, 3.05) is 6.54 Å². The van der Waals surface area contributed by atoms with Crippen molar-refractivity contribution >= 4 is 0 Å². The van der Waals surface area contributed by atoms with E-state index in [1.54, 1.807) is 10.9 Å². The van der Waals surface area contributed by atoms with Gasteiger partial charge in [0.05, 0.1) is 12.2 Å². The molecule has 136 valence electrons. The molecule has 0 aliphatic carbocycles. The maximum Gasteiger partial charge on any atom is 0.102 e. The topological polar surface area (TPSA) is 50.1 Å². The van der Waals surface area contributed by atoms with Crippen LogP contribution in [0.15, 0.2) is 60.9 Å². The predicted molar refractivity (Wildman–Crippen MR) is 105 cm³/mol. The molecule has 0 radical (unpaired) electrons. The Bertz CT molecular complexity index is 868. The molecule has 1 aromatic heterocycles. The molecule has 4 nitrogen and oxygen atoms in total. The number of benzene rings is 2. The highest BCUT2D eigenvalue weighted by atomic mass is 16.3. The van der Waals surface area contributed by atoms with Crippen LogP contribution >= 0.6 is 0 Å². The lowest BCUT2D eigenvalue weighted by Gasteiger charge is -2.28. The van der Waals surface area contributed by atoms with E-state index in [0.29, 0.717) is 6.54 Å². The number of aromatic nitrogens is 2. The fraction of sp³-hybridized carbons (Fsp3) is 0.318. The zero-order valence-corrected chi connectivity index (χ0v) is 15.9. The van der Waals surface area contributed by atoms with Crippen LogP contribution in [0.3, 0.4) is 0 Å². The second-order valence-corrected chi connectivity index (χ2v) is 7.26. The molecule has 3 rings (SSSR count). The summed E-state index contributed by atoms with van der Waals surface area (Å²) in [5, 5.41) is 18.7. The number of nitrogens with one attached hydrogen (secondary N) is 1. The van der Waals surface area contributed by atoms with Crippen molar-refractivity contribution < 1.29 is 5.11 Å². The number of hydrogen-bond acceptors (Lipinski definition) is 3. The lowest BCUT2D eigenvalue weighted by molar-refractivity contribution is 0.0549. The van der Waals surface area contributed by atoms with Crippen molar-refractivity contribution in [2.24, 2.45) is 7.05 Å². The average Bonchev–Trinajstić information content (AvgIpc) is 3.05. The second-order valence-electron chi connectivity index (χ2n) is 7.26. The SMILES string of the molecule is Cc1ccc(C(NCC(C)(O)c2cnn(C)c2)c2ccccc2)c(C)c1. The van der Waals surface area contributed by atoms with Gasteiger partial charge in [-0.2, -0.15) is 5.10 Å². The first-order valence-electron chi connectivity index (χ1n) is 8.94. The molecule has 0 aliphatic rings. The number of aryl methyl sites for hydroxylation is 3. The van der Waals surface area contributed by atoms with Crippen molar-refractivity contribution in [3.05, 3.63) is 88.7 Å². The smallest absolute Gasteiger partial charge is 0.102 e. The predicted octanol–water partition coefficient (Wildman–Crippen LogP) is 3.62. The Labute approximate surface area is 155 Å². The van der Waals surface area contributed by atoms with Crippen molar-refractivity contribution in [3.63, 3.8) is 0 Å². The molecular weight excluding hydrogens is 322 g/mol. The molecule has 4 heteroatoms. The first-order chi connectivity index (χ1) is 12.4. The summed E-state index contributed by atoms with van der Waals surface area (Å²) in [5.41, 5.74) is 4.71. The molecule has 0 spiro atoms. The van der Waals surface area contributed by atoms with Gasteiger partial charge in [-0.25, -0.2) is 0 Å². The Morgan fingerprint density at radius 3 is 2.50 bits per heavy atom. The lowest BCUT2D eigenvalue weighted by atomic mass is 9.92. The van der Waals surface area contributed by atoms with Gasteiger partial charge in [0.1, 0.15) is 5.60 Å². The van der Waals surface area contributed by atoms with Gasteiger partial charge in [0.15, 0.2) is 0 Å². The molecule has 0 saturated carbocycles. The third-order valence-electron chi connectivity index (χ3n) is 4.85. The molecule has 3 aromatic rings. The molecule has 0 bridgehead atoms. The van der Waals surface area contributed by atoms with E-state index in [1.165, 1.54) is 22.3 Å². The second kappa shape index (κ2) is 7.44. The molecule has 1 heterocycles. The van der Waals surface area contributed by atoms with Gasteiger partial charge < -0.3 is 10.4 Å². The zero-order valence-electron chi connectivity index (χ0n) is 15.9. The van der Waals surface area contributed by atoms with Gasteiger partial charge in [-0.3, -0.25) is 4.68 Å². The van der Waals surface area contributed by atoms with E-state index in [4.69, 9.17) is 0 Å². The molecular formula is C22H27N3O. The summed E-state index contributed by atoms with van der Waals surface area (Å²) in [6, 6.07) is 16.9. The van der Waals surface area contributed by atoms with Crippen LogP contribution in [-0.2, 0) is 12.6 Å². The highest BCUT2D eigenvalue weighted by Gasteiger charge is 2.27. The Morgan fingerprint density at radius 1 is 1.15 bits per heavy atom. The fourth-order valence-electron chi connectivity index (χ4n) is 3.30. The molecule has 26 heavy (non-hydrogen) atoms. The zero-order chi connectivity index (χ0) is 18.7. The van der Waals surface area contributed by atoms with Crippen molar-refractivity contribution in [3.8, 4) is 0 Å². The molecule has 2 N–H and O–H groups in total. The summed E-state index contributed by atoms with van der Waals surface area (Å²) in [6.07, 6.45) is 3.58. The van der Waals surface area contributed by atoms with Crippen molar-refractivity contribution in [1.29, 1.82) is 0 Å². The third-order valence-corrected chi connectivity index (χ3v) is 4.85. The van der Waals surface area contributed by atoms with Crippen LogP contribution in [0.5, 0.6) is 0 Å². The van der Waals surface area contributed by atoms with E-state index in [1.807, 2.05) is 38.4 Å². The molecule has 2 atom stereocenters. The molecule has 0 fully saturated rings. The number of nitrogens with zero attached hydrogens (tertiary/aromatic N) is 2. The number of hydrogen-bond donors (Lipinski definition) is 2. The first-order valence-corrected chi connectivity index (χ1v) is 8.94. The fourth-order valence-corrected chi connectivity index (χ4v) is 3.30. The van der Waals surface area contributed by atoms with Gasteiger partial charge in [0.25, 0.3) is 0 Å². The Balaban J connectivity index is 1.89. The van der Waals surface area contributed by atoms with E-state index in [-0.39, 0.29) is 6.04 Å². The van der Waals surface area contributed by atoms with Crippen LogP contribution in [0, 0.1) is 13.8 Å². The van der Waals surface area contributed by atoms with Crippen LogP contribution in [0.1, 0.15) is 40.8 Å². The lowest BCUT2D eigenvalue weighted by Crippen LogP contribution is -2.37. The van der Waals surface area contributed by atoms with Gasteiger partial charge in [-0.1, -0.05) is 54.1 Å². The van der Waals surface area contributed by atoms with Crippen LogP contribution in [0.2, 0.25) is 0 Å². The minimum Gasteiger partial charge on any atom is -0.384 e. The summed E-state index contributed by atoms with van der Waals surface area (Å²) in [7, 11) is 1.86. The van der Waals surface area contributed by atoms with E-state index in [2.05, 4.69) is 54.6 Å². The average molecular weight is 349 g/mol. The van der Waals surface area contributed by atoms with E-state index >= 15 is 0 Å². The quantitative estimate of drug-likeness (QED) is 0.714. The molecule has 2 aromatic carbocycles. The van der Waals surface area contributed by atoms with Crippen LogP contribution < -0.4 is 5.32 Å². The Hall–Kier alpha value is -2.43. The first kappa shape index (κ1) is 18.4. The normalized spacial score (nSPS) is 14.8.